The maximum absolute atomic E-state index is 12.9. The summed E-state index contributed by atoms with van der Waals surface area (Å²) in [5, 5.41) is 12.1. The molecule has 6 nitrogen and oxygen atoms in total. The Labute approximate surface area is 182 Å². The fraction of sp³-hybridized carbons (Fsp3) is 0.0909. The highest BCUT2D eigenvalue weighted by molar-refractivity contribution is 7.17. The van der Waals surface area contributed by atoms with Crippen LogP contribution in [0, 0.1) is 6.92 Å². The van der Waals surface area contributed by atoms with Gasteiger partial charge in [0.25, 0.3) is 11.1 Å². The minimum Gasteiger partial charge on any atom is -0.464 e. The second-order valence-electron chi connectivity index (χ2n) is 6.46. The van der Waals surface area contributed by atoms with E-state index in [2.05, 4.69) is 20.5 Å². The number of hydrogen-bond donors (Lipinski definition) is 1. The van der Waals surface area contributed by atoms with E-state index in [0.717, 1.165) is 28.0 Å². The quantitative estimate of drug-likeness (QED) is 0.438. The van der Waals surface area contributed by atoms with Gasteiger partial charge in [-0.05, 0) is 53.7 Å². The molecule has 0 aliphatic heterocycles. The van der Waals surface area contributed by atoms with E-state index in [4.69, 9.17) is 16.3 Å². The van der Waals surface area contributed by atoms with Crippen molar-refractivity contribution in [2.75, 3.05) is 5.32 Å². The molecule has 0 radical (unpaired) electrons. The topological polar surface area (TPSA) is 77.0 Å². The second-order valence-corrected chi connectivity index (χ2v) is 7.83. The van der Waals surface area contributed by atoms with Crippen LogP contribution in [0.5, 0.6) is 5.19 Å². The van der Waals surface area contributed by atoms with Crippen molar-refractivity contribution in [2.45, 2.75) is 13.5 Å². The van der Waals surface area contributed by atoms with E-state index < -0.39 is 0 Å². The Morgan fingerprint density at radius 3 is 2.67 bits per heavy atom. The number of hydrogen-bond acceptors (Lipinski definition) is 6. The first kappa shape index (κ1) is 20.0. The zero-order valence-corrected chi connectivity index (χ0v) is 17.6. The van der Waals surface area contributed by atoms with Gasteiger partial charge in [0.2, 0.25) is 5.13 Å². The highest BCUT2D eigenvalue weighted by Crippen LogP contribution is 2.27. The lowest BCUT2D eigenvalue weighted by atomic mass is 10.0. The van der Waals surface area contributed by atoms with Crippen LogP contribution in [-0.4, -0.2) is 21.1 Å². The molecule has 2 aromatic heterocycles. The number of carbonyl (C=O) groups excluding carboxylic acids is 1. The third-order valence-electron chi connectivity index (χ3n) is 4.36. The van der Waals surface area contributed by atoms with Gasteiger partial charge in [-0.15, -0.1) is 5.10 Å². The molecule has 4 rings (SSSR count). The van der Waals surface area contributed by atoms with Crippen LogP contribution >= 0.6 is 22.9 Å². The Kier molecular flexibility index (Phi) is 6.02. The van der Waals surface area contributed by atoms with Crippen molar-refractivity contribution in [1.82, 2.24) is 15.2 Å². The molecule has 0 aliphatic carbocycles. The highest BCUT2D eigenvalue weighted by atomic mass is 35.5. The summed E-state index contributed by atoms with van der Waals surface area (Å²) in [6, 6.07) is 18.6. The molecule has 0 unspecified atom stereocenters. The van der Waals surface area contributed by atoms with Crippen molar-refractivity contribution in [3.8, 4) is 16.5 Å². The molecule has 8 heteroatoms. The predicted octanol–water partition coefficient (Wildman–Crippen LogP) is 5.39. The van der Waals surface area contributed by atoms with E-state index in [1.54, 1.807) is 30.5 Å². The van der Waals surface area contributed by atoms with Crippen LogP contribution in [-0.2, 0) is 6.61 Å². The molecule has 2 aromatic carbocycles. The van der Waals surface area contributed by atoms with Gasteiger partial charge >= 0.3 is 0 Å². The summed E-state index contributed by atoms with van der Waals surface area (Å²) < 4.78 is 5.65. The Bertz CT molecular complexity index is 1180. The molecule has 150 valence electrons. The third kappa shape index (κ3) is 4.64. The fourth-order valence-corrected chi connectivity index (χ4v) is 3.57. The molecule has 1 N–H and O–H groups in total. The lowest BCUT2D eigenvalue weighted by Gasteiger charge is -2.10. The molecular formula is C22H17ClN4O2S. The zero-order chi connectivity index (χ0) is 20.9. The van der Waals surface area contributed by atoms with Crippen LogP contribution in [0.2, 0.25) is 5.02 Å². The summed E-state index contributed by atoms with van der Waals surface area (Å²) in [4.78, 5) is 17.3. The minimum atomic E-state index is -0.304. The molecule has 0 spiro atoms. The van der Waals surface area contributed by atoms with Crippen molar-refractivity contribution in [2.24, 2.45) is 0 Å². The smallest absolute Gasteiger partial charge is 0.296 e. The Balaban J connectivity index is 1.46. The Hall–Kier alpha value is -3.29. The largest absolute Gasteiger partial charge is 0.464 e. The highest BCUT2D eigenvalue weighted by Gasteiger charge is 2.17. The van der Waals surface area contributed by atoms with Gasteiger partial charge in [0.1, 0.15) is 6.61 Å². The van der Waals surface area contributed by atoms with Crippen molar-refractivity contribution in [3.05, 3.63) is 88.6 Å². The van der Waals surface area contributed by atoms with Crippen LogP contribution < -0.4 is 10.1 Å². The van der Waals surface area contributed by atoms with Gasteiger partial charge in [-0.3, -0.25) is 15.1 Å². The lowest BCUT2D eigenvalue weighted by Crippen LogP contribution is -2.13. The summed E-state index contributed by atoms with van der Waals surface area (Å²) in [5.74, 6) is -0.304. The number of pyridine rings is 1. The summed E-state index contributed by atoms with van der Waals surface area (Å²) in [6.07, 6.45) is 1.67. The average Bonchev–Trinajstić information content (AvgIpc) is 3.21. The van der Waals surface area contributed by atoms with Crippen LogP contribution in [0.3, 0.4) is 0 Å². The monoisotopic (exact) mass is 436 g/mol. The second kappa shape index (κ2) is 9.02. The van der Waals surface area contributed by atoms with E-state index in [1.807, 2.05) is 43.3 Å². The number of benzene rings is 2. The molecule has 4 aromatic rings. The zero-order valence-electron chi connectivity index (χ0n) is 16.0. The maximum Gasteiger partial charge on any atom is 0.296 e. The third-order valence-corrected chi connectivity index (χ3v) is 5.36. The van der Waals surface area contributed by atoms with Gasteiger partial charge in [0.15, 0.2) is 0 Å². The number of aryl methyl sites for hydroxylation is 1. The number of carbonyl (C=O) groups is 1. The number of aromatic nitrogens is 3. The van der Waals surface area contributed by atoms with Gasteiger partial charge in [-0.1, -0.05) is 53.1 Å². The molecule has 0 atom stereocenters. The molecular weight excluding hydrogens is 420 g/mol. The normalized spacial score (nSPS) is 10.6. The lowest BCUT2D eigenvalue weighted by molar-refractivity contribution is 0.102. The van der Waals surface area contributed by atoms with Gasteiger partial charge < -0.3 is 4.74 Å². The van der Waals surface area contributed by atoms with Crippen LogP contribution in [0.15, 0.2) is 66.9 Å². The Morgan fingerprint density at radius 1 is 1.07 bits per heavy atom. The van der Waals surface area contributed by atoms with Crippen LogP contribution in [0.1, 0.15) is 21.5 Å². The minimum absolute atomic E-state index is 0.304. The number of anilines is 1. The van der Waals surface area contributed by atoms with Gasteiger partial charge in [0, 0.05) is 16.8 Å². The van der Waals surface area contributed by atoms with Gasteiger partial charge in [0.05, 0.1) is 11.3 Å². The summed E-state index contributed by atoms with van der Waals surface area (Å²) in [6.45, 7) is 2.32. The first-order valence-electron chi connectivity index (χ1n) is 9.13. The average molecular weight is 437 g/mol. The van der Waals surface area contributed by atoms with Gasteiger partial charge in [-0.2, -0.15) is 0 Å². The number of nitrogens with zero attached hydrogens (tertiary/aromatic N) is 3. The standard InChI is InChI=1S/C22H17ClN4O2S/c1-14-5-2-3-6-17(14)19-18(7-4-12-24-19)20(28)25-21-26-27-22(30-21)29-13-15-8-10-16(23)11-9-15/h2-12H,13H2,1H3,(H,25,26,28). The van der Waals surface area contributed by atoms with Crippen molar-refractivity contribution >= 4 is 34.0 Å². The number of amides is 1. The fourth-order valence-electron chi connectivity index (χ4n) is 2.85. The van der Waals surface area contributed by atoms with E-state index in [-0.39, 0.29) is 5.91 Å². The Morgan fingerprint density at radius 2 is 1.87 bits per heavy atom. The maximum atomic E-state index is 12.9. The first-order valence-corrected chi connectivity index (χ1v) is 10.3. The van der Waals surface area contributed by atoms with E-state index in [9.17, 15) is 4.79 Å². The molecule has 0 fully saturated rings. The molecule has 0 aliphatic rings. The number of halogens is 1. The summed E-state index contributed by atoms with van der Waals surface area (Å²) in [7, 11) is 0. The first-order chi connectivity index (χ1) is 14.6. The summed E-state index contributed by atoms with van der Waals surface area (Å²) in [5.41, 5.74) is 3.99. The molecule has 2 heterocycles. The molecule has 30 heavy (non-hydrogen) atoms. The number of nitrogens with one attached hydrogen (secondary N) is 1. The number of ether oxygens (including phenoxy) is 1. The van der Waals surface area contributed by atoms with Crippen molar-refractivity contribution in [3.63, 3.8) is 0 Å². The predicted molar refractivity (Wildman–Crippen MR) is 118 cm³/mol. The van der Waals surface area contributed by atoms with Crippen molar-refractivity contribution in [1.29, 1.82) is 0 Å². The van der Waals surface area contributed by atoms with Gasteiger partial charge in [-0.25, -0.2) is 0 Å². The number of rotatable bonds is 6. The molecule has 0 saturated carbocycles. The van der Waals surface area contributed by atoms with E-state index >= 15 is 0 Å². The molecule has 0 bridgehead atoms. The summed E-state index contributed by atoms with van der Waals surface area (Å²) >= 11 is 7.04. The van der Waals surface area contributed by atoms with Crippen molar-refractivity contribution < 1.29 is 9.53 Å². The van der Waals surface area contributed by atoms with E-state index in [1.165, 1.54) is 0 Å². The molecule has 0 saturated heterocycles. The van der Waals surface area contributed by atoms with Crippen LogP contribution in [0.4, 0.5) is 5.13 Å². The SMILES string of the molecule is Cc1ccccc1-c1ncccc1C(=O)Nc1nnc(OCc2ccc(Cl)cc2)s1. The molecule has 1 amide bonds. The van der Waals surface area contributed by atoms with Crippen LogP contribution in [0.25, 0.3) is 11.3 Å². The van der Waals surface area contributed by atoms with E-state index in [0.29, 0.717) is 33.2 Å².